The third-order valence-electron chi connectivity index (χ3n) is 6.20. The summed E-state index contributed by atoms with van der Waals surface area (Å²) in [6.07, 6.45) is 3.97. The maximum Gasteiger partial charge on any atom is 0.310 e. The Morgan fingerprint density at radius 3 is 2.26 bits per heavy atom. The van der Waals surface area contributed by atoms with Crippen molar-refractivity contribution in [2.45, 2.75) is 52.0 Å². The highest BCUT2D eigenvalue weighted by Gasteiger charge is 2.33. The smallest absolute Gasteiger partial charge is 0.310 e. The zero-order valence-electron chi connectivity index (χ0n) is 18.7. The third-order valence-corrected chi connectivity index (χ3v) is 6.20. The Labute approximate surface area is 184 Å². The van der Waals surface area contributed by atoms with Crippen molar-refractivity contribution in [2.24, 2.45) is 5.92 Å². The molecule has 1 aromatic rings. The van der Waals surface area contributed by atoms with E-state index in [1.807, 2.05) is 24.0 Å². The second-order valence-electron chi connectivity index (χ2n) is 8.29. The van der Waals surface area contributed by atoms with Crippen molar-refractivity contribution < 1.29 is 23.9 Å². The first-order valence-corrected chi connectivity index (χ1v) is 11.5. The van der Waals surface area contributed by atoms with Crippen LogP contribution in [0.15, 0.2) is 24.3 Å². The SMILES string of the molecule is CCOC(=O)Cc1ccc(C(=O)N2CCC(N3CCCC(C(=O)OCC)C3)CC2)cc1. The molecular formula is C24H34N2O5. The van der Waals surface area contributed by atoms with Gasteiger partial charge in [0.25, 0.3) is 5.91 Å². The summed E-state index contributed by atoms with van der Waals surface area (Å²) in [7, 11) is 0. The molecular weight excluding hydrogens is 396 g/mol. The number of carbonyl (C=O) groups excluding carboxylic acids is 3. The number of piperidine rings is 2. The highest BCUT2D eigenvalue weighted by atomic mass is 16.5. The Morgan fingerprint density at radius 2 is 1.61 bits per heavy atom. The predicted octanol–water partition coefficient (Wildman–Crippen LogP) is 2.67. The number of carbonyl (C=O) groups is 3. The summed E-state index contributed by atoms with van der Waals surface area (Å²) < 4.78 is 10.2. The summed E-state index contributed by atoms with van der Waals surface area (Å²) >= 11 is 0. The molecule has 2 aliphatic rings. The number of hydrogen-bond acceptors (Lipinski definition) is 6. The van der Waals surface area contributed by atoms with Gasteiger partial charge in [-0.2, -0.15) is 0 Å². The number of hydrogen-bond donors (Lipinski definition) is 0. The molecule has 170 valence electrons. The van der Waals surface area contributed by atoms with Gasteiger partial charge in [0.05, 0.1) is 25.6 Å². The number of esters is 2. The molecule has 2 aliphatic heterocycles. The molecule has 7 heteroatoms. The van der Waals surface area contributed by atoms with Gasteiger partial charge in [0, 0.05) is 31.2 Å². The maximum absolute atomic E-state index is 12.9. The highest BCUT2D eigenvalue weighted by Crippen LogP contribution is 2.25. The highest BCUT2D eigenvalue weighted by molar-refractivity contribution is 5.94. The zero-order chi connectivity index (χ0) is 22.2. The van der Waals surface area contributed by atoms with Crippen molar-refractivity contribution in [1.29, 1.82) is 0 Å². The van der Waals surface area contributed by atoms with Crippen LogP contribution >= 0.6 is 0 Å². The summed E-state index contributed by atoms with van der Waals surface area (Å²) in [5, 5.41) is 0. The number of benzene rings is 1. The van der Waals surface area contributed by atoms with Crippen LogP contribution in [0.2, 0.25) is 0 Å². The molecule has 1 aromatic carbocycles. The fourth-order valence-corrected chi connectivity index (χ4v) is 4.55. The van der Waals surface area contributed by atoms with Crippen LogP contribution in [-0.4, -0.2) is 73.1 Å². The van der Waals surface area contributed by atoms with E-state index in [1.165, 1.54) is 0 Å². The molecule has 0 aliphatic carbocycles. The Balaban J connectivity index is 1.49. The Bertz CT molecular complexity index is 756. The summed E-state index contributed by atoms with van der Waals surface area (Å²) in [5.41, 5.74) is 1.49. The number of amides is 1. The van der Waals surface area contributed by atoms with E-state index in [-0.39, 0.29) is 30.2 Å². The minimum absolute atomic E-state index is 0.0264. The van der Waals surface area contributed by atoms with Gasteiger partial charge in [-0.05, 0) is 63.8 Å². The second kappa shape index (κ2) is 11.3. The molecule has 7 nitrogen and oxygen atoms in total. The molecule has 0 bridgehead atoms. The minimum Gasteiger partial charge on any atom is -0.466 e. The lowest BCUT2D eigenvalue weighted by Crippen LogP contribution is -2.50. The quantitative estimate of drug-likeness (QED) is 0.619. The van der Waals surface area contributed by atoms with Crippen LogP contribution in [0, 0.1) is 5.92 Å². The van der Waals surface area contributed by atoms with Gasteiger partial charge in [0.2, 0.25) is 0 Å². The van der Waals surface area contributed by atoms with E-state index in [0.29, 0.717) is 37.9 Å². The van der Waals surface area contributed by atoms with E-state index in [9.17, 15) is 14.4 Å². The van der Waals surface area contributed by atoms with Crippen molar-refractivity contribution in [3.8, 4) is 0 Å². The predicted molar refractivity (Wildman–Crippen MR) is 117 cm³/mol. The van der Waals surface area contributed by atoms with Crippen LogP contribution in [0.5, 0.6) is 0 Å². The molecule has 0 aromatic heterocycles. The molecule has 2 heterocycles. The topological polar surface area (TPSA) is 76.2 Å². The largest absolute Gasteiger partial charge is 0.466 e. The molecule has 2 fully saturated rings. The summed E-state index contributed by atoms with van der Waals surface area (Å²) in [6, 6.07) is 7.63. The van der Waals surface area contributed by atoms with E-state index in [1.54, 1.807) is 19.1 Å². The van der Waals surface area contributed by atoms with Crippen LogP contribution < -0.4 is 0 Å². The monoisotopic (exact) mass is 430 g/mol. The fourth-order valence-electron chi connectivity index (χ4n) is 4.55. The van der Waals surface area contributed by atoms with E-state index in [0.717, 1.165) is 44.3 Å². The molecule has 0 spiro atoms. The minimum atomic E-state index is -0.258. The van der Waals surface area contributed by atoms with Crippen molar-refractivity contribution >= 4 is 17.8 Å². The van der Waals surface area contributed by atoms with Crippen molar-refractivity contribution in [3.05, 3.63) is 35.4 Å². The first-order chi connectivity index (χ1) is 15.0. The average Bonchev–Trinajstić information content (AvgIpc) is 2.79. The van der Waals surface area contributed by atoms with E-state index in [4.69, 9.17) is 9.47 Å². The fraction of sp³-hybridized carbons (Fsp3) is 0.625. The molecule has 1 atom stereocenters. The molecule has 31 heavy (non-hydrogen) atoms. The lowest BCUT2D eigenvalue weighted by molar-refractivity contribution is -0.150. The van der Waals surface area contributed by atoms with Crippen LogP contribution in [0.4, 0.5) is 0 Å². The number of ether oxygens (including phenoxy) is 2. The van der Waals surface area contributed by atoms with Gasteiger partial charge in [-0.15, -0.1) is 0 Å². The number of rotatable bonds is 7. The van der Waals surface area contributed by atoms with Gasteiger partial charge >= 0.3 is 11.9 Å². The van der Waals surface area contributed by atoms with E-state index in [2.05, 4.69) is 4.90 Å². The Hall–Kier alpha value is -2.41. The third kappa shape index (κ3) is 6.29. The Morgan fingerprint density at radius 1 is 0.935 bits per heavy atom. The number of nitrogens with zero attached hydrogens (tertiary/aromatic N) is 2. The van der Waals surface area contributed by atoms with Crippen molar-refractivity contribution in [3.63, 3.8) is 0 Å². The second-order valence-corrected chi connectivity index (χ2v) is 8.29. The van der Waals surface area contributed by atoms with Crippen LogP contribution in [0.1, 0.15) is 55.5 Å². The van der Waals surface area contributed by atoms with Gasteiger partial charge in [-0.25, -0.2) is 0 Å². The van der Waals surface area contributed by atoms with Crippen molar-refractivity contribution in [2.75, 3.05) is 39.4 Å². The lowest BCUT2D eigenvalue weighted by atomic mass is 9.93. The molecule has 0 saturated carbocycles. The molecule has 1 unspecified atom stereocenters. The van der Waals surface area contributed by atoms with Crippen LogP contribution in [-0.2, 0) is 25.5 Å². The van der Waals surface area contributed by atoms with E-state index < -0.39 is 0 Å². The first kappa shape index (κ1) is 23.3. The van der Waals surface area contributed by atoms with Crippen LogP contribution in [0.25, 0.3) is 0 Å². The number of likely N-dealkylation sites (tertiary alicyclic amines) is 2. The Kier molecular flexibility index (Phi) is 8.46. The van der Waals surface area contributed by atoms with Crippen LogP contribution in [0.3, 0.4) is 0 Å². The van der Waals surface area contributed by atoms with Gasteiger partial charge < -0.3 is 14.4 Å². The summed E-state index contributed by atoms with van der Waals surface area (Å²) in [4.78, 5) is 40.9. The van der Waals surface area contributed by atoms with Gasteiger partial charge in [-0.3, -0.25) is 19.3 Å². The standard InChI is InChI=1S/C24H34N2O5/c1-3-30-22(27)16-18-7-9-19(10-8-18)23(28)25-14-11-21(12-15-25)26-13-5-6-20(17-26)24(29)31-4-2/h7-10,20-21H,3-6,11-17H2,1-2H3. The summed E-state index contributed by atoms with van der Waals surface area (Å²) in [5.74, 6) is -0.330. The van der Waals surface area contributed by atoms with Crippen molar-refractivity contribution in [1.82, 2.24) is 9.80 Å². The molecule has 1 amide bonds. The molecule has 0 radical (unpaired) electrons. The maximum atomic E-state index is 12.9. The zero-order valence-corrected chi connectivity index (χ0v) is 18.7. The molecule has 2 saturated heterocycles. The normalized spacial score (nSPS) is 20.3. The molecule has 3 rings (SSSR count). The molecule has 0 N–H and O–H groups in total. The summed E-state index contributed by atoms with van der Waals surface area (Å²) in [6.45, 7) is 7.64. The lowest BCUT2D eigenvalue weighted by Gasteiger charge is -2.41. The van der Waals surface area contributed by atoms with Gasteiger partial charge in [0.1, 0.15) is 0 Å². The average molecular weight is 431 g/mol. The van der Waals surface area contributed by atoms with E-state index >= 15 is 0 Å². The van der Waals surface area contributed by atoms with Gasteiger partial charge in [0.15, 0.2) is 0 Å². The van der Waals surface area contributed by atoms with Gasteiger partial charge in [-0.1, -0.05) is 12.1 Å². The first-order valence-electron chi connectivity index (χ1n) is 11.5.